The van der Waals surface area contributed by atoms with Gasteiger partial charge in [0.15, 0.2) is 0 Å². The van der Waals surface area contributed by atoms with Gasteiger partial charge < -0.3 is 5.32 Å². The quantitative estimate of drug-likeness (QED) is 0.398. The maximum Gasteiger partial charge on any atom is 0.136 e. The fourth-order valence-corrected chi connectivity index (χ4v) is 3.96. The lowest BCUT2D eigenvalue weighted by atomic mass is 10.1. The van der Waals surface area contributed by atoms with Crippen molar-refractivity contribution in [2.45, 2.75) is 26.2 Å². The molecule has 0 saturated carbocycles. The van der Waals surface area contributed by atoms with Crippen molar-refractivity contribution < 1.29 is 0 Å². The molecule has 3 rings (SSSR count). The van der Waals surface area contributed by atoms with E-state index in [-0.39, 0.29) is 0 Å². The molecule has 3 nitrogen and oxygen atoms in total. The van der Waals surface area contributed by atoms with Gasteiger partial charge in [0, 0.05) is 27.9 Å². The molecule has 2 aromatic carbocycles. The number of nitrogens with zero attached hydrogens (tertiary/aromatic N) is 2. The van der Waals surface area contributed by atoms with E-state index in [9.17, 15) is 5.26 Å². The molecule has 0 bridgehead atoms. The summed E-state index contributed by atoms with van der Waals surface area (Å²) in [4.78, 5) is 4.56. The first-order chi connectivity index (χ1) is 13.6. The monoisotopic (exact) mass is 427 g/mol. The summed E-state index contributed by atoms with van der Waals surface area (Å²) in [7, 11) is 0. The third-order valence-corrected chi connectivity index (χ3v) is 5.64. The molecule has 0 aliphatic carbocycles. The average Bonchev–Trinajstić information content (AvgIpc) is 3.17. The molecular weight excluding hydrogens is 409 g/mol. The number of halogens is 2. The molecule has 0 unspecified atom stereocenters. The number of hydrogen-bond acceptors (Lipinski definition) is 4. The van der Waals surface area contributed by atoms with Crippen LogP contribution in [0, 0.1) is 11.3 Å². The van der Waals surface area contributed by atoms with Gasteiger partial charge in [-0.15, -0.1) is 11.3 Å². The molecule has 0 fully saturated rings. The Labute approximate surface area is 179 Å². The lowest BCUT2D eigenvalue weighted by Gasteiger charge is -2.04. The van der Waals surface area contributed by atoms with E-state index in [2.05, 4.69) is 35.4 Å². The molecule has 0 aliphatic rings. The van der Waals surface area contributed by atoms with Crippen LogP contribution < -0.4 is 5.32 Å². The van der Waals surface area contributed by atoms with Crippen molar-refractivity contribution in [3.05, 3.63) is 74.7 Å². The summed E-state index contributed by atoms with van der Waals surface area (Å²) in [5, 5.41) is 16.4. The van der Waals surface area contributed by atoms with Crippen LogP contribution in [-0.2, 0) is 6.42 Å². The molecule has 0 radical (unpaired) electrons. The SMILES string of the molecule is CCCCc1ccc(NC=C(C#N)c2nc(-c3ccc(Cl)cc3Cl)cs2)cc1. The zero-order valence-corrected chi connectivity index (χ0v) is 17.7. The number of hydrogen-bond donors (Lipinski definition) is 1. The molecule has 3 aromatic rings. The van der Waals surface area contributed by atoms with E-state index in [0.29, 0.717) is 20.6 Å². The Morgan fingerprint density at radius 3 is 2.68 bits per heavy atom. The van der Waals surface area contributed by atoms with E-state index in [1.807, 2.05) is 23.6 Å². The number of allylic oxidation sites excluding steroid dienone is 1. The van der Waals surface area contributed by atoms with E-state index in [0.717, 1.165) is 23.4 Å². The van der Waals surface area contributed by atoms with Crippen LogP contribution in [0.5, 0.6) is 0 Å². The third kappa shape index (κ3) is 5.14. The molecule has 1 aromatic heterocycles. The first kappa shape index (κ1) is 20.4. The van der Waals surface area contributed by atoms with Crippen molar-refractivity contribution in [3.8, 4) is 17.3 Å². The second kappa shape index (κ2) is 9.75. The first-order valence-corrected chi connectivity index (χ1v) is 10.6. The van der Waals surface area contributed by atoms with Gasteiger partial charge in [0.05, 0.1) is 10.7 Å². The molecule has 0 atom stereocenters. The summed E-state index contributed by atoms with van der Waals surface area (Å²) in [6.45, 7) is 2.19. The van der Waals surface area contributed by atoms with Gasteiger partial charge in [0.2, 0.25) is 0 Å². The highest BCUT2D eigenvalue weighted by Gasteiger charge is 2.11. The maximum atomic E-state index is 9.53. The summed E-state index contributed by atoms with van der Waals surface area (Å²) >= 11 is 13.6. The summed E-state index contributed by atoms with van der Waals surface area (Å²) in [6, 6.07) is 15.8. The molecule has 142 valence electrons. The number of anilines is 1. The Kier molecular flexibility index (Phi) is 7.11. The number of unbranched alkanes of at least 4 members (excludes halogenated alkanes) is 1. The minimum Gasteiger partial charge on any atom is -0.360 e. The lowest BCUT2D eigenvalue weighted by Crippen LogP contribution is -1.92. The highest BCUT2D eigenvalue weighted by atomic mass is 35.5. The normalized spacial score (nSPS) is 11.3. The fraction of sp³-hybridized carbons (Fsp3) is 0.182. The smallest absolute Gasteiger partial charge is 0.136 e. The Balaban J connectivity index is 1.75. The minimum atomic E-state index is 0.469. The third-order valence-electron chi connectivity index (χ3n) is 4.22. The number of aromatic nitrogens is 1. The zero-order valence-electron chi connectivity index (χ0n) is 15.4. The Hall–Kier alpha value is -2.32. The molecular formula is C22H19Cl2N3S. The van der Waals surface area contributed by atoms with Crippen LogP contribution in [0.15, 0.2) is 54.0 Å². The number of nitrogens with one attached hydrogen (secondary N) is 1. The van der Waals surface area contributed by atoms with Gasteiger partial charge in [-0.3, -0.25) is 0 Å². The Bertz CT molecular complexity index is 1020. The van der Waals surface area contributed by atoms with Crippen molar-refractivity contribution in [1.82, 2.24) is 4.98 Å². The van der Waals surface area contributed by atoms with Crippen molar-refractivity contribution in [1.29, 1.82) is 5.26 Å². The first-order valence-electron chi connectivity index (χ1n) is 8.97. The van der Waals surface area contributed by atoms with E-state index >= 15 is 0 Å². The maximum absolute atomic E-state index is 9.53. The zero-order chi connectivity index (χ0) is 19.9. The molecule has 0 spiro atoms. The van der Waals surface area contributed by atoms with E-state index in [1.165, 1.54) is 29.7 Å². The van der Waals surface area contributed by atoms with Crippen molar-refractivity contribution in [2.24, 2.45) is 0 Å². The van der Waals surface area contributed by atoms with E-state index in [4.69, 9.17) is 23.2 Å². The van der Waals surface area contributed by atoms with Gasteiger partial charge in [0.25, 0.3) is 0 Å². The lowest BCUT2D eigenvalue weighted by molar-refractivity contribution is 0.795. The van der Waals surface area contributed by atoms with Crippen LogP contribution in [-0.4, -0.2) is 4.98 Å². The highest BCUT2D eigenvalue weighted by Crippen LogP contribution is 2.32. The van der Waals surface area contributed by atoms with Crippen molar-refractivity contribution in [3.63, 3.8) is 0 Å². The average molecular weight is 428 g/mol. The van der Waals surface area contributed by atoms with Gasteiger partial charge in [-0.1, -0.05) is 48.7 Å². The molecule has 1 N–H and O–H groups in total. The van der Waals surface area contributed by atoms with Gasteiger partial charge in [0.1, 0.15) is 16.6 Å². The summed E-state index contributed by atoms with van der Waals surface area (Å²) < 4.78 is 0. The van der Waals surface area contributed by atoms with E-state index < -0.39 is 0 Å². The number of benzene rings is 2. The highest BCUT2D eigenvalue weighted by molar-refractivity contribution is 7.11. The van der Waals surface area contributed by atoms with Crippen LogP contribution >= 0.6 is 34.5 Å². The number of nitriles is 1. The molecule has 6 heteroatoms. The standard InChI is InChI=1S/C22H19Cl2N3S/c1-2-3-4-15-5-8-18(9-6-15)26-13-16(12-25)22-27-21(14-28-22)19-10-7-17(23)11-20(19)24/h5-11,13-14,26H,2-4H2,1H3. The molecule has 0 amide bonds. The van der Waals surface area contributed by atoms with E-state index in [1.54, 1.807) is 18.3 Å². The van der Waals surface area contributed by atoms with Gasteiger partial charge >= 0.3 is 0 Å². The topological polar surface area (TPSA) is 48.7 Å². The Morgan fingerprint density at radius 1 is 1.21 bits per heavy atom. The molecule has 1 heterocycles. The second-order valence-electron chi connectivity index (χ2n) is 6.28. The number of aryl methyl sites for hydroxylation is 1. The van der Waals surface area contributed by atoms with Crippen LogP contribution in [0.1, 0.15) is 30.3 Å². The molecule has 0 aliphatic heterocycles. The number of thiazole rings is 1. The summed E-state index contributed by atoms with van der Waals surface area (Å²) in [5.74, 6) is 0. The van der Waals surface area contributed by atoms with Crippen LogP contribution in [0.3, 0.4) is 0 Å². The summed E-state index contributed by atoms with van der Waals surface area (Å²) in [5.41, 5.74) is 4.24. The van der Waals surface area contributed by atoms with Crippen molar-refractivity contribution in [2.75, 3.05) is 5.32 Å². The van der Waals surface area contributed by atoms with Crippen molar-refractivity contribution >= 4 is 45.8 Å². The fourth-order valence-electron chi connectivity index (χ4n) is 2.66. The van der Waals surface area contributed by atoms with Crippen LogP contribution in [0.4, 0.5) is 5.69 Å². The van der Waals surface area contributed by atoms with Gasteiger partial charge in [-0.2, -0.15) is 5.26 Å². The minimum absolute atomic E-state index is 0.469. The molecule has 0 saturated heterocycles. The predicted molar refractivity (Wildman–Crippen MR) is 120 cm³/mol. The largest absolute Gasteiger partial charge is 0.360 e. The van der Waals surface area contributed by atoms with Crippen LogP contribution in [0.25, 0.3) is 16.8 Å². The summed E-state index contributed by atoms with van der Waals surface area (Å²) in [6.07, 6.45) is 5.15. The van der Waals surface area contributed by atoms with Gasteiger partial charge in [-0.05, 0) is 48.7 Å². The Morgan fingerprint density at radius 2 is 2.00 bits per heavy atom. The predicted octanol–water partition coefficient (Wildman–Crippen LogP) is 7.44. The molecule has 28 heavy (non-hydrogen) atoms. The second-order valence-corrected chi connectivity index (χ2v) is 7.98. The van der Waals surface area contributed by atoms with Crippen LogP contribution in [0.2, 0.25) is 10.0 Å². The number of rotatable bonds is 7. The van der Waals surface area contributed by atoms with Gasteiger partial charge in [-0.25, -0.2) is 4.98 Å².